The molecule has 5 heteroatoms. The smallest absolute Gasteiger partial charge is 0.174 e. The maximum atomic E-state index is 9.03. The van der Waals surface area contributed by atoms with E-state index >= 15 is 0 Å². The number of nitriles is 1. The molecule has 16 heavy (non-hydrogen) atoms. The molecule has 1 aromatic heterocycles. The molecule has 2 rings (SSSR count). The molecule has 0 saturated carbocycles. The van der Waals surface area contributed by atoms with Crippen molar-refractivity contribution in [2.45, 2.75) is 0 Å². The standard InChI is InChI=1S/C11H9N3O2/c12-5-6-16-11-3-1-9(2-4-11)10-7-13-14(15)8-10/h1-4,7-8,15H,6H2. The Morgan fingerprint density at radius 3 is 2.62 bits per heavy atom. The average Bonchev–Trinajstić information content (AvgIpc) is 2.74. The topological polar surface area (TPSA) is 71.1 Å². The fraction of sp³-hybridized carbons (Fsp3) is 0.0909. The van der Waals surface area contributed by atoms with E-state index in [1.165, 1.54) is 6.20 Å². The van der Waals surface area contributed by atoms with Gasteiger partial charge < -0.3 is 9.94 Å². The molecule has 0 atom stereocenters. The number of aromatic nitrogens is 2. The van der Waals surface area contributed by atoms with Gasteiger partial charge in [0.15, 0.2) is 6.61 Å². The molecule has 0 amide bonds. The van der Waals surface area contributed by atoms with Crippen LogP contribution in [0.5, 0.6) is 5.75 Å². The molecule has 0 radical (unpaired) electrons. The van der Waals surface area contributed by atoms with Gasteiger partial charge in [-0.3, -0.25) is 0 Å². The Balaban J connectivity index is 2.16. The monoisotopic (exact) mass is 215 g/mol. The van der Waals surface area contributed by atoms with Gasteiger partial charge in [-0.25, -0.2) is 0 Å². The average molecular weight is 215 g/mol. The van der Waals surface area contributed by atoms with Crippen LogP contribution in [0.25, 0.3) is 11.1 Å². The summed E-state index contributed by atoms with van der Waals surface area (Å²) in [6.45, 7) is 0.0356. The van der Waals surface area contributed by atoms with Crippen molar-refractivity contribution in [3.8, 4) is 22.9 Å². The highest BCUT2D eigenvalue weighted by atomic mass is 16.5. The molecule has 0 aliphatic rings. The zero-order chi connectivity index (χ0) is 11.4. The molecular weight excluding hydrogens is 206 g/mol. The van der Waals surface area contributed by atoms with Gasteiger partial charge in [0, 0.05) is 5.56 Å². The Hall–Kier alpha value is -2.48. The minimum Gasteiger partial charge on any atom is -0.479 e. The molecule has 0 unspecified atom stereocenters. The summed E-state index contributed by atoms with van der Waals surface area (Å²) in [5.74, 6) is 0.640. The maximum Gasteiger partial charge on any atom is 0.174 e. The van der Waals surface area contributed by atoms with E-state index in [2.05, 4.69) is 5.10 Å². The number of hydrogen-bond acceptors (Lipinski definition) is 4. The summed E-state index contributed by atoms with van der Waals surface area (Å²) in [5.41, 5.74) is 1.74. The first-order valence-corrected chi connectivity index (χ1v) is 4.64. The van der Waals surface area contributed by atoms with Crippen molar-refractivity contribution in [3.05, 3.63) is 36.7 Å². The summed E-state index contributed by atoms with van der Waals surface area (Å²) >= 11 is 0. The normalized spacial score (nSPS) is 9.69. The highest BCUT2D eigenvalue weighted by molar-refractivity contribution is 5.62. The van der Waals surface area contributed by atoms with Gasteiger partial charge in [-0.1, -0.05) is 12.1 Å². The van der Waals surface area contributed by atoms with Crippen LogP contribution in [0, 0.1) is 11.3 Å². The third kappa shape index (κ3) is 2.12. The first-order valence-electron chi connectivity index (χ1n) is 4.64. The molecule has 0 fully saturated rings. The second-order valence-electron chi connectivity index (χ2n) is 3.12. The van der Waals surface area contributed by atoms with Crippen LogP contribution in [-0.2, 0) is 0 Å². The van der Waals surface area contributed by atoms with Gasteiger partial charge in [-0.15, -0.1) is 9.94 Å². The second kappa shape index (κ2) is 4.36. The molecule has 1 heterocycles. The van der Waals surface area contributed by atoms with E-state index in [-0.39, 0.29) is 6.61 Å². The van der Waals surface area contributed by atoms with E-state index in [4.69, 9.17) is 15.2 Å². The molecule has 0 bridgehead atoms. The van der Waals surface area contributed by atoms with Crippen molar-refractivity contribution in [1.29, 1.82) is 5.26 Å². The van der Waals surface area contributed by atoms with Crippen LogP contribution in [-0.4, -0.2) is 21.8 Å². The lowest BCUT2D eigenvalue weighted by Crippen LogP contribution is -1.92. The molecule has 5 nitrogen and oxygen atoms in total. The third-order valence-corrected chi connectivity index (χ3v) is 2.06. The molecule has 1 N–H and O–H groups in total. The lowest BCUT2D eigenvalue weighted by molar-refractivity contribution is 0.149. The van der Waals surface area contributed by atoms with Crippen molar-refractivity contribution in [1.82, 2.24) is 9.94 Å². The van der Waals surface area contributed by atoms with E-state index in [1.54, 1.807) is 18.3 Å². The van der Waals surface area contributed by atoms with E-state index in [1.807, 2.05) is 18.2 Å². The van der Waals surface area contributed by atoms with Gasteiger partial charge in [0.25, 0.3) is 0 Å². The van der Waals surface area contributed by atoms with Gasteiger partial charge in [0.05, 0.1) is 12.4 Å². The summed E-state index contributed by atoms with van der Waals surface area (Å²) in [4.78, 5) is 0.759. The minimum absolute atomic E-state index is 0.0356. The highest BCUT2D eigenvalue weighted by Gasteiger charge is 2.01. The SMILES string of the molecule is N#CCOc1ccc(-c2cnn(O)c2)cc1. The minimum atomic E-state index is 0.0356. The Morgan fingerprint density at radius 1 is 1.31 bits per heavy atom. The van der Waals surface area contributed by atoms with Crippen LogP contribution in [0.3, 0.4) is 0 Å². The molecule has 0 saturated heterocycles. The molecule has 0 spiro atoms. The van der Waals surface area contributed by atoms with Crippen molar-refractivity contribution in [2.75, 3.05) is 6.61 Å². The van der Waals surface area contributed by atoms with E-state index in [0.29, 0.717) is 5.75 Å². The van der Waals surface area contributed by atoms with Gasteiger partial charge in [0.2, 0.25) is 0 Å². The fourth-order valence-electron chi connectivity index (χ4n) is 1.32. The van der Waals surface area contributed by atoms with E-state index in [0.717, 1.165) is 16.0 Å². The lowest BCUT2D eigenvalue weighted by atomic mass is 10.1. The van der Waals surface area contributed by atoms with Gasteiger partial charge in [-0.05, 0) is 17.7 Å². The Bertz CT molecular complexity index is 511. The molecule has 1 aromatic carbocycles. The third-order valence-electron chi connectivity index (χ3n) is 2.06. The largest absolute Gasteiger partial charge is 0.479 e. The first-order chi connectivity index (χ1) is 7.79. The fourth-order valence-corrected chi connectivity index (χ4v) is 1.32. The molecule has 0 aliphatic carbocycles. The lowest BCUT2D eigenvalue weighted by Gasteiger charge is -2.02. The predicted molar refractivity (Wildman–Crippen MR) is 56.0 cm³/mol. The highest BCUT2D eigenvalue weighted by Crippen LogP contribution is 2.21. The molecular formula is C11H9N3O2. The maximum absolute atomic E-state index is 9.03. The van der Waals surface area contributed by atoms with Crippen molar-refractivity contribution in [2.24, 2.45) is 0 Å². The summed E-state index contributed by atoms with van der Waals surface area (Å²) in [6.07, 6.45) is 3.07. The number of nitrogens with zero attached hydrogens (tertiary/aromatic N) is 3. The Kier molecular flexibility index (Phi) is 2.74. The van der Waals surface area contributed by atoms with Crippen LogP contribution >= 0.6 is 0 Å². The summed E-state index contributed by atoms with van der Waals surface area (Å²) in [6, 6.07) is 9.10. The first kappa shape index (κ1) is 10.1. The number of ether oxygens (including phenoxy) is 1. The Labute approximate surface area is 92.1 Å². The predicted octanol–water partition coefficient (Wildman–Crippen LogP) is 1.69. The van der Waals surface area contributed by atoms with Crippen LogP contribution in [0.1, 0.15) is 0 Å². The van der Waals surface area contributed by atoms with Crippen LogP contribution in [0.15, 0.2) is 36.7 Å². The number of rotatable bonds is 3. The zero-order valence-corrected chi connectivity index (χ0v) is 8.37. The van der Waals surface area contributed by atoms with Gasteiger partial charge in [-0.2, -0.15) is 5.26 Å². The molecule has 0 aliphatic heterocycles. The van der Waals surface area contributed by atoms with Crippen LogP contribution in [0.4, 0.5) is 0 Å². The Morgan fingerprint density at radius 2 is 2.06 bits per heavy atom. The quantitative estimate of drug-likeness (QED) is 0.791. The van der Waals surface area contributed by atoms with Crippen molar-refractivity contribution < 1.29 is 9.94 Å². The summed E-state index contributed by atoms with van der Waals surface area (Å²) in [7, 11) is 0. The van der Waals surface area contributed by atoms with Crippen molar-refractivity contribution in [3.63, 3.8) is 0 Å². The van der Waals surface area contributed by atoms with E-state index in [9.17, 15) is 0 Å². The number of hydrogen-bond donors (Lipinski definition) is 1. The van der Waals surface area contributed by atoms with Crippen LogP contribution in [0.2, 0.25) is 0 Å². The molecule has 80 valence electrons. The van der Waals surface area contributed by atoms with Crippen molar-refractivity contribution >= 4 is 0 Å². The zero-order valence-electron chi connectivity index (χ0n) is 8.37. The molecule has 2 aromatic rings. The van der Waals surface area contributed by atoms with E-state index < -0.39 is 0 Å². The van der Waals surface area contributed by atoms with Gasteiger partial charge in [0.1, 0.15) is 11.8 Å². The summed E-state index contributed by atoms with van der Waals surface area (Å²) < 4.78 is 5.12. The summed E-state index contributed by atoms with van der Waals surface area (Å²) in [5, 5.41) is 21.0. The number of benzene rings is 1. The van der Waals surface area contributed by atoms with Crippen LogP contribution < -0.4 is 4.74 Å². The van der Waals surface area contributed by atoms with Gasteiger partial charge >= 0.3 is 0 Å². The second-order valence-corrected chi connectivity index (χ2v) is 3.12.